The molecule has 0 spiro atoms. The third-order valence-electron chi connectivity index (χ3n) is 5.16. The summed E-state index contributed by atoms with van der Waals surface area (Å²) in [6.45, 7) is 1.45. The number of amides is 3. The van der Waals surface area contributed by atoms with E-state index in [2.05, 4.69) is 5.32 Å². The quantitative estimate of drug-likeness (QED) is 0.834. The number of carbonyl (C=O) groups is 3. The first-order valence-corrected chi connectivity index (χ1v) is 10.7. The van der Waals surface area contributed by atoms with Crippen molar-refractivity contribution in [2.45, 2.75) is 25.4 Å². The molecule has 7 nitrogen and oxygen atoms in total. The standard InChI is InChI=1S/C21H23N3O4S/c25-19(13-22-20(26)18-9-6-12-29-18)24-14-17(21(27)23-10-4-1-5-11-23)28-16-8-3-2-7-15(16)24/h2-3,6-9,12,17H,1,4-5,10-11,13-14H2,(H,22,26)/t17-/m0/s1. The number of hydrogen-bond donors (Lipinski definition) is 1. The average Bonchev–Trinajstić information content (AvgIpc) is 3.31. The fourth-order valence-corrected chi connectivity index (χ4v) is 4.30. The summed E-state index contributed by atoms with van der Waals surface area (Å²) < 4.78 is 5.94. The number of benzene rings is 1. The Hall–Kier alpha value is -2.87. The van der Waals surface area contributed by atoms with Gasteiger partial charge >= 0.3 is 0 Å². The lowest BCUT2D eigenvalue weighted by Gasteiger charge is -2.37. The second-order valence-corrected chi connectivity index (χ2v) is 8.07. The Labute approximate surface area is 173 Å². The van der Waals surface area contributed by atoms with Crippen LogP contribution >= 0.6 is 11.3 Å². The zero-order chi connectivity index (χ0) is 20.2. The number of nitrogens with zero attached hydrogens (tertiary/aromatic N) is 2. The van der Waals surface area contributed by atoms with Crippen molar-refractivity contribution >= 4 is 34.7 Å². The predicted octanol–water partition coefficient (Wildman–Crippen LogP) is 2.28. The average molecular weight is 413 g/mol. The molecule has 1 saturated heterocycles. The van der Waals surface area contributed by atoms with Crippen LogP contribution in [0.15, 0.2) is 41.8 Å². The second-order valence-electron chi connectivity index (χ2n) is 7.12. The Balaban J connectivity index is 1.47. The maximum Gasteiger partial charge on any atom is 0.265 e. The molecular weight excluding hydrogens is 390 g/mol. The van der Waals surface area contributed by atoms with Crippen molar-refractivity contribution in [2.24, 2.45) is 0 Å². The summed E-state index contributed by atoms with van der Waals surface area (Å²) in [5.74, 6) is -0.135. The number of carbonyl (C=O) groups excluding carboxylic acids is 3. The molecule has 0 aliphatic carbocycles. The Kier molecular flexibility index (Phi) is 5.80. The van der Waals surface area contributed by atoms with Gasteiger partial charge in [-0.15, -0.1) is 11.3 Å². The van der Waals surface area contributed by atoms with Crippen molar-refractivity contribution in [3.05, 3.63) is 46.7 Å². The summed E-state index contributed by atoms with van der Waals surface area (Å²) in [4.78, 5) is 41.9. The van der Waals surface area contributed by atoms with Crippen LogP contribution in [0.2, 0.25) is 0 Å². The van der Waals surface area contributed by atoms with Gasteiger partial charge in [0.05, 0.1) is 23.7 Å². The Bertz CT molecular complexity index is 893. The maximum absolute atomic E-state index is 12.9. The summed E-state index contributed by atoms with van der Waals surface area (Å²) in [7, 11) is 0. The molecule has 1 atom stereocenters. The largest absolute Gasteiger partial charge is 0.476 e. The number of piperidine rings is 1. The summed E-state index contributed by atoms with van der Waals surface area (Å²) in [6.07, 6.45) is 2.38. The van der Waals surface area contributed by atoms with E-state index in [4.69, 9.17) is 4.74 Å². The third-order valence-corrected chi connectivity index (χ3v) is 6.03. The molecule has 3 amide bonds. The number of fused-ring (bicyclic) bond motifs is 1. The first kappa shape index (κ1) is 19.4. The molecule has 1 fully saturated rings. The number of nitrogens with one attached hydrogen (secondary N) is 1. The first-order valence-electron chi connectivity index (χ1n) is 9.80. The molecule has 152 valence electrons. The minimum atomic E-state index is -0.736. The van der Waals surface area contributed by atoms with Crippen LogP contribution in [0.3, 0.4) is 0 Å². The van der Waals surface area contributed by atoms with Gasteiger partial charge < -0.3 is 19.9 Å². The van der Waals surface area contributed by atoms with Gasteiger partial charge in [-0.05, 0) is 42.8 Å². The second kappa shape index (κ2) is 8.65. The minimum absolute atomic E-state index is 0.0837. The summed E-state index contributed by atoms with van der Waals surface area (Å²) in [6, 6.07) is 10.7. The van der Waals surface area contributed by atoms with E-state index in [1.165, 1.54) is 11.3 Å². The fourth-order valence-electron chi connectivity index (χ4n) is 3.66. The van der Waals surface area contributed by atoms with Gasteiger partial charge in [0.25, 0.3) is 11.8 Å². The van der Waals surface area contributed by atoms with Crippen LogP contribution in [0.1, 0.15) is 28.9 Å². The Morgan fingerprint density at radius 3 is 2.62 bits per heavy atom. The van der Waals surface area contributed by atoms with Crippen molar-refractivity contribution in [3.8, 4) is 5.75 Å². The lowest BCUT2D eigenvalue weighted by Crippen LogP contribution is -2.54. The number of rotatable bonds is 4. The van der Waals surface area contributed by atoms with Gasteiger partial charge in [-0.3, -0.25) is 14.4 Å². The molecule has 2 aliphatic rings. The highest BCUT2D eigenvalue weighted by molar-refractivity contribution is 7.12. The number of hydrogen-bond acceptors (Lipinski definition) is 5. The molecule has 8 heteroatoms. The van der Waals surface area contributed by atoms with Crippen LogP contribution in [-0.2, 0) is 9.59 Å². The van der Waals surface area contributed by atoms with Gasteiger partial charge in [0, 0.05) is 13.1 Å². The van der Waals surface area contributed by atoms with Crippen LogP contribution in [0.4, 0.5) is 5.69 Å². The van der Waals surface area contributed by atoms with Gasteiger partial charge in [0.2, 0.25) is 5.91 Å². The van der Waals surface area contributed by atoms with Crippen LogP contribution in [0, 0.1) is 0 Å². The minimum Gasteiger partial charge on any atom is -0.476 e. The monoisotopic (exact) mass is 413 g/mol. The van der Waals surface area contributed by atoms with Crippen LogP contribution in [0.5, 0.6) is 5.75 Å². The summed E-state index contributed by atoms with van der Waals surface area (Å²) >= 11 is 1.32. The van der Waals surface area contributed by atoms with E-state index in [1.54, 1.807) is 29.2 Å². The van der Waals surface area contributed by atoms with Crippen molar-refractivity contribution in [2.75, 3.05) is 31.1 Å². The number of thiophene rings is 1. The molecule has 29 heavy (non-hydrogen) atoms. The third kappa shape index (κ3) is 4.27. The molecule has 0 saturated carbocycles. The van der Waals surface area contributed by atoms with Crippen molar-refractivity contribution in [3.63, 3.8) is 0 Å². The predicted molar refractivity (Wildman–Crippen MR) is 110 cm³/mol. The number of para-hydroxylation sites is 2. The normalized spacial score (nSPS) is 18.6. The van der Waals surface area contributed by atoms with Gasteiger partial charge in [-0.1, -0.05) is 18.2 Å². The lowest BCUT2D eigenvalue weighted by atomic mass is 10.1. The molecule has 0 bridgehead atoms. The zero-order valence-electron chi connectivity index (χ0n) is 16.0. The van der Waals surface area contributed by atoms with Crippen LogP contribution < -0.4 is 15.0 Å². The fraction of sp³-hybridized carbons (Fsp3) is 0.381. The van der Waals surface area contributed by atoms with E-state index >= 15 is 0 Å². The van der Waals surface area contributed by atoms with Gasteiger partial charge in [-0.25, -0.2) is 0 Å². The summed E-state index contributed by atoms with van der Waals surface area (Å²) in [5.41, 5.74) is 0.616. The molecule has 0 radical (unpaired) electrons. The number of likely N-dealkylation sites (tertiary alicyclic amines) is 1. The van der Waals surface area contributed by atoms with Gasteiger partial charge in [0.1, 0.15) is 5.75 Å². The Morgan fingerprint density at radius 2 is 1.86 bits per heavy atom. The molecule has 1 aromatic carbocycles. The van der Waals surface area contributed by atoms with E-state index in [1.807, 2.05) is 22.4 Å². The number of ether oxygens (including phenoxy) is 1. The molecular formula is C21H23N3O4S. The smallest absolute Gasteiger partial charge is 0.265 e. The highest BCUT2D eigenvalue weighted by atomic mass is 32.1. The number of anilines is 1. The van der Waals surface area contributed by atoms with Crippen molar-refractivity contribution < 1.29 is 19.1 Å². The van der Waals surface area contributed by atoms with E-state index in [0.29, 0.717) is 16.3 Å². The molecule has 0 unspecified atom stereocenters. The molecule has 3 heterocycles. The van der Waals surface area contributed by atoms with E-state index < -0.39 is 6.10 Å². The topological polar surface area (TPSA) is 79.0 Å². The highest BCUT2D eigenvalue weighted by Crippen LogP contribution is 2.33. The zero-order valence-corrected chi connectivity index (χ0v) is 16.8. The van der Waals surface area contributed by atoms with Gasteiger partial charge in [0.15, 0.2) is 6.10 Å². The highest BCUT2D eigenvalue weighted by Gasteiger charge is 2.36. The summed E-state index contributed by atoms with van der Waals surface area (Å²) in [5, 5.41) is 4.48. The van der Waals surface area contributed by atoms with Crippen molar-refractivity contribution in [1.29, 1.82) is 0 Å². The SMILES string of the molecule is O=C(NCC(=O)N1C[C@@H](C(=O)N2CCCCC2)Oc2ccccc21)c1cccs1. The van der Waals surface area contributed by atoms with E-state index in [-0.39, 0.29) is 30.8 Å². The first-order chi connectivity index (χ1) is 14.1. The van der Waals surface area contributed by atoms with E-state index in [0.717, 1.165) is 32.4 Å². The molecule has 2 aromatic rings. The van der Waals surface area contributed by atoms with E-state index in [9.17, 15) is 14.4 Å². The molecule has 1 aromatic heterocycles. The van der Waals surface area contributed by atoms with Crippen LogP contribution in [-0.4, -0.2) is 54.9 Å². The molecule has 1 N–H and O–H groups in total. The lowest BCUT2D eigenvalue weighted by molar-refractivity contribution is -0.139. The van der Waals surface area contributed by atoms with Crippen LogP contribution in [0.25, 0.3) is 0 Å². The van der Waals surface area contributed by atoms with Gasteiger partial charge in [-0.2, -0.15) is 0 Å². The maximum atomic E-state index is 12.9. The van der Waals surface area contributed by atoms with Crippen molar-refractivity contribution in [1.82, 2.24) is 10.2 Å². The molecule has 4 rings (SSSR count). The Morgan fingerprint density at radius 1 is 1.07 bits per heavy atom. The molecule has 2 aliphatic heterocycles.